The standard InChI is InChI=1S/C22H23NO4/c24-20(25)11-23-13-22(14-23)9-16-4-5-19(8-18(16)10-22)27-12-17-3-1-2-15-6-7-26-21(15)17/h1-5,8H,6-7,9-14H2,(H,24,25). The van der Waals surface area contributed by atoms with E-state index in [0.29, 0.717) is 6.61 Å². The number of fused-ring (bicyclic) bond motifs is 2. The Kier molecular flexibility index (Phi) is 3.86. The molecule has 0 aromatic heterocycles. The maximum absolute atomic E-state index is 10.9. The first kappa shape index (κ1) is 16.6. The number of likely N-dealkylation sites (tertiary alicyclic amines) is 1. The second-order valence-corrected chi connectivity index (χ2v) is 8.12. The summed E-state index contributed by atoms with van der Waals surface area (Å²) < 4.78 is 11.8. The van der Waals surface area contributed by atoms with Crippen molar-refractivity contribution in [2.75, 3.05) is 26.2 Å². The molecule has 1 fully saturated rings. The lowest BCUT2D eigenvalue weighted by atomic mass is 9.77. The zero-order chi connectivity index (χ0) is 18.4. The van der Waals surface area contributed by atoms with Crippen LogP contribution in [0.25, 0.3) is 0 Å². The number of rotatable bonds is 5. The molecule has 2 aliphatic heterocycles. The maximum atomic E-state index is 10.9. The Morgan fingerprint density at radius 3 is 2.85 bits per heavy atom. The van der Waals surface area contributed by atoms with Gasteiger partial charge in [0.25, 0.3) is 0 Å². The van der Waals surface area contributed by atoms with Crippen molar-refractivity contribution in [2.24, 2.45) is 5.41 Å². The van der Waals surface area contributed by atoms with E-state index >= 15 is 0 Å². The predicted octanol–water partition coefficient (Wildman–Crippen LogP) is 2.69. The van der Waals surface area contributed by atoms with E-state index in [4.69, 9.17) is 14.6 Å². The molecule has 2 heterocycles. The van der Waals surface area contributed by atoms with Crippen LogP contribution in [-0.4, -0.2) is 42.2 Å². The first-order valence-electron chi connectivity index (χ1n) is 9.53. The molecule has 2 aromatic carbocycles. The van der Waals surface area contributed by atoms with Crippen LogP contribution < -0.4 is 9.47 Å². The minimum absolute atomic E-state index is 0.149. The lowest BCUT2D eigenvalue weighted by Crippen LogP contribution is -2.58. The highest BCUT2D eigenvalue weighted by Gasteiger charge is 2.47. The van der Waals surface area contributed by atoms with Gasteiger partial charge >= 0.3 is 5.97 Å². The number of carboxylic acid groups (broad SMARTS) is 1. The van der Waals surface area contributed by atoms with Crippen molar-refractivity contribution < 1.29 is 19.4 Å². The number of aliphatic carboxylic acids is 1. The van der Waals surface area contributed by atoms with Crippen LogP contribution >= 0.6 is 0 Å². The van der Waals surface area contributed by atoms with Crippen molar-refractivity contribution in [1.29, 1.82) is 0 Å². The van der Waals surface area contributed by atoms with E-state index in [0.717, 1.165) is 56.0 Å². The SMILES string of the molecule is O=C(O)CN1CC2(Cc3ccc(OCc4cccc5c4OCC5)cc3C2)C1. The average Bonchev–Trinajstić information content (AvgIpc) is 3.23. The quantitative estimate of drug-likeness (QED) is 0.883. The molecule has 5 rings (SSSR count). The molecule has 1 aliphatic carbocycles. The van der Waals surface area contributed by atoms with Crippen molar-refractivity contribution in [3.63, 3.8) is 0 Å². The fraction of sp³-hybridized carbons (Fsp3) is 0.409. The van der Waals surface area contributed by atoms with E-state index in [1.165, 1.54) is 16.7 Å². The topological polar surface area (TPSA) is 59.0 Å². The van der Waals surface area contributed by atoms with Crippen LogP contribution in [0.5, 0.6) is 11.5 Å². The summed E-state index contributed by atoms with van der Waals surface area (Å²) in [6.07, 6.45) is 3.03. The number of carbonyl (C=O) groups is 1. The summed E-state index contributed by atoms with van der Waals surface area (Å²) >= 11 is 0. The molecule has 2 aromatic rings. The molecule has 0 saturated carbocycles. The largest absolute Gasteiger partial charge is 0.493 e. The van der Waals surface area contributed by atoms with Gasteiger partial charge in [-0.15, -0.1) is 0 Å². The smallest absolute Gasteiger partial charge is 0.317 e. The second kappa shape index (κ2) is 6.27. The minimum Gasteiger partial charge on any atom is -0.493 e. The van der Waals surface area contributed by atoms with Gasteiger partial charge in [0.05, 0.1) is 13.2 Å². The Hall–Kier alpha value is -2.53. The number of benzene rings is 2. The third-order valence-corrected chi connectivity index (χ3v) is 5.98. The Morgan fingerprint density at radius 2 is 2.00 bits per heavy atom. The molecule has 140 valence electrons. The van der Waals surface area contributed by atoms with Crippen LogP contribution in [0.3, 0.4) is 0 Å². The number of para-hydroxylation sites is 1. The van der Waals surface area contributed by atoms with Gasteiger partial charge in [-0.2, -0.15) is 0 Å². The van der Waals surface area contributed by atoms with Gasteiger partial charge in [-0.1, -0.05) is 24.3 Å². The third kappa shape index (κ3) is 3.06. The van der Waals surface area contributed by atoms with Crippen molar-refractivity contribution in [2.45, 2.75) is 25.9 Å². The highest BCUT2D eigenvalue weighted by Crippen LogP contribution is 2.44. The fourth-order valence-corrected chi connectivity index (χ4v) is 4.89. The van der Waals surface area contributed by atoms with Crippen LogP contribution in [0.2, 0.25) is 0 Å². The van der Waals surface area contributed by atoms with Crippen molar-refractivity contribution in [1.82, 2.24) is 4.90 Å². The van der Waals surface area contributed by atoms with Crippen LogP contribution in [0.4, 0.5) is 0 Å². The molecule has 0 unspecified atom stereocenters. The number of hydrogen-bond acceptors (Lipinski definition) is 4. The highest BCUT2D eigenvalue weighted by atomic mass is 16.5. The van der Waals surface area contributed by atoms with Gasteiger partial charge in [0.1, 0.15) is 18.1 Å². The summed E-state index contributed by atoms with van der Waals surface area (Å²) in [5.74, 6) is 1.14. The van der Waals surface area contributed by atoms with Gasteiger partial charge in [-0.3, -0.25) is 9.69 Å². The third-order valence-electron chi connectivity index (χ3n) is 5.98. The first-order chi connectivity index (χ1) is 13.1. The second-order valence-electron chi connectivity index (χ2n) is 8.12. The Balaban J connectivity index is 1.24. The maximum Gasteiger partial charge on any atom is 0.317 e. The molecule has 5 nitrogen and oxygen atoms in total. The Labute approximate surface area is 158 Å². The van der Waals surface area contributed by atoms with Crippen LogP contribution in [0.1, 0.15) is 22.3 Å². The van der Waals surface area contributed by atoms with E-state index in [1.807, 2.05) is 4.90 Å². The van der Waals surface area contributed by atoms with Gasteiger partial charge in [0, 0.05) is 30.5 Å². The molecule has 1 saturated heterocycles. The molecule has 1 N–H and O–H groups in total. The minimum atomic E-state index is -0.743. The van der Waals surface area contributed by atoms with Crippen molar-refractivity contribution in [3.8, 4) is 11.5 Å². The number of nitrogens with zero attached hydrogens (tertiary/aromatic N) is 1. The molecule has 27 heavy (non-hydrogen) atoms. The first-order valence-corrected chi connectivity index (χ1v) is 9.53. The van der Waals surface area contributed by atoms with E-state index < -0.39 is 5.97 Å². The van der Waals surface area contributed by atoms with Gasteiger partial charge < -0.3 is 14.6 Å². The fourth-order valence-electron chi connectivity index (χ4n) is 4.89. The molecule has 0 atom stereocenters. The molecule has 0 amide bonds. The lowest BCUT2D eigenvalue weighted by molar-refractivity contribution is -0.141. The number of carboxylic acids is 1. The number of ether oxygens (including phenoxy) is 2. The van der Waals surface area contributed by atoms with E-state index in [9.17, 15) is 4.79 Å². The summed E-state index contributed by atoms with van der Waals surface area (Å²) in [5.41, 5.74) is 5.32. The zero-order valence-corrected chi connectivity index (χ0v) is 15.2. The molecule has 1 spiro atoms. The summed E-state index contributed by atoms with van der Waals surface area (Å²) in [4.78, 5) is 12.9. The molecule has 0 radical (unpaired) electrons. The highest BCUT2D eigenvalue weighted by molar-refractivity contribution is 5.69. The lowest BCUT2D eigenvalue weighted by Gasteiger charge is -2.47. The van der Waals surface area contributed by atoms with E-state index in [1.54, 1.807) is 0 Å². The van der Waals surface area contributed by atoms with Crippen LogP contribution in [0.15, 0.2) is 36.4 Å². The summed E-state index contributed by atoms with van der Waals surface area (Å²) in [5, 5.41) is 8.93. The van der Waals surface area contributed by atoms with E-state index in [-0.39, 0.29) is 12.0 Å². The van der Waals surface area contributed by atoms with Crippen LogP contribution in [0, 0.1) is 5.41 Å². The Morgan fingerprint density at radius 1 is 1.15 bits per heavy atom. The van der Waals surface area contributed by atoms with Crippen molar-refractivity contribution in [3.05, 3.63) is 58.7 Å². The molecule has 3 aliphatic rings. The molecule has 0 bridgehead atoms. The van der Waals surface area contributed by atoms with Gasteiger partial charge in [-0.05, 0) is 41.7 Å². The zero-order valence-electron chi connectivity index (χ0n) is 15.2. The summed E-state index contributed by atoms with van der Waals surface area (Å²) in [6, 6.07) is 12.6. The van der Waals surface area contributed by atoms with Crippen molar-refractivity contribution >= 4 is 5.97 Å². The normalized spacial score (nSPS) is 19.3. The summed E-state index contributed by atoms with van der Waals surface area (Å²) in [6.45, 7) is 3.16. The monoisotopic (exact) mass is 365 g/mol. The predicted molar refractivity (Wildman–Crippen MR) is 100 cm³/mol. The molecular weight excluding hydrogens is 342 g/mol. The van der Waals surface area contributed by atoms with Gasteiger partial charge in [-0.25, -0.2) is 0 Å². The van der Waals surface area contributed by atoms with Gasteiger partial charge in [0.2, 0.25) is 0 Å². The van der Waals surface area contributed by atoms with Crippen LogP contribution in [-0.2, 0) is 30.7 Å². The molecular formula is C22H23NO4. The van der Waals surface area contributed by atoms with Gasteiger partial charge in [0.15, 0.2) is 0 Å². The number of hydrogen-bond donors (Lipinski definition) is 1. The van der Waals surface area contributed by atoms with E-state index in [2.05, 4.69) is 36.4 Å². The summed E-state index contributed by atoms with van der Waals surface area (Å²) in [7, 11) is 0. The average molecular weight is 365 g/mol. The Bertz CT molecular complexity index is 901. The molecule has 5 heteroatoms.